The van der Waals surface area contributed by atoms with Crippen LogP contribution in [0.15, 0.2) is 54.7 Å². The van der Waals surface area contributed by atoms with Crippen LogP contribution >= 0.6 is 22.7 Å². The molecular formula is C22H18F3N3O3S2. The van der Waals surface area contributed by atoms with E-state index in [2.05, 4.69) is 15.3 Å². The van der Waals surface area contributed by atoms with Crippen LogP contribution < -0.4 is 10.1 Å². The number of para-hydroxylation sites is 1. The van der Waals surface area contributed by atoms with Gasteiger partial charge in [0, 0.05) is 17.5 Å². The lowest BCUT2D eigenvalue weighted by molar-refractivity contribution is -0.266. The number of anilines is 1. The number of carbonyl (C=O) groups excluding carboxylic acids is 1. The summed E-state index contributed by atoms with van der Waals surface area (Å²) < 4.78 is 47.2. The van der Waals surface area contributed by atoms with Crippen LogP contribution in [0.3, 0.4) is 0 Å². The molecule has 33 heavy (non-hydrogen) atoms. The van der Waals surface area contributed by atoms with Crippen LogP contribution in [-0.2, 0) is 16.8 Å². The molecule has 4 rings (SSSR count). The standard InChI is InChI=1S/C22H18F3N3O3S2/c1-31-14-6-4-5-13(9-14)10-15-12-26-20(32-15)28-18(29)11-21(30,22(23,24)25)19-27-16-7-2-3-8-17(16)33-19/h2-9,12,30H,10-11H2,1H3,(H,26,28,29). The SMILES string of the molecule is COc1cccc(Cc2cnc(NC(=O)CC(O)(c3nc4ccccc4s3)C(F)(F)F)s2)c1. The summed E-state index contributed by atoms with van der Waals surface area (Å²) in [5.41, 5.74) is -2.14. The van der Waals surface area contributed by atoms with E-state index in [9.17, 15) is 23.1 Å². The van der Waals surface area contributed by atoms with Gasteiger partial charge in [0.2, 0.25) is 11.5 Å². The highest BCUT2D eigenvalue weighted by molar-refractivity contribution is 7.18. The number of amides is 1. The Bertz CT molecular complexity index is 1260. The maximum absolute atomic E-state index is 13.8. The van der Waals surface area contributed by atoms with Crippen LogP contribution in [0.4, 0.5) is 18.3 Å². The van der Waals surface area contributed by atoms with Crippen molar-refractivity contribution in [2.45, 2.75) is 24.6 Å². The first-order valence-corrected chi connectivity index (χ1v) is 11.3. The maximum atomic E-state index is 13.8. The number of methoxy groups -OCH3 is 1. The fourth-order valence-electron chi connectivity index (χ4n) is 3.17. The van der Waals surface area contributed by atoms with Crippen molar-refractivity contribution >= 4 is 43.9 Å². The van der Waals surface area contributed by atoms with Gasteiger partial charge in [0.1, 0.15) is 10.8 Å². The van der Waals surface area contributed by atoms with E-state index in [4.69, 9.17) is 4.74 Å². The zero-order chi connectivity index (χ0) is 23.6. The zero-order valence-electron chi connectivity index (χ0n) is 17.2. The Morgan fingerprint density at radius 3 is 2.67 bits per heavy atom. The van der Waals surface area contributed by atoms with E-state index in [0.717, 1.165) is 21.8 Å². The monoisotopic (exact) mass is 493 g/mol. The molecule has 2 N–H and O–H groups in total. The molecule has 4 aromatic rings. The molecule has 172 valence electrons. The molecule has 0 aliphatic carbocycles. The number of aromatic nitrogens is 2. The first-order chi connectivity index (χ1) is 15.7. The summed E-state index contributed by atoms with van der Waals surface area (Å²) in [5, 5.41) is 12.5. The van der Waals surface area contributed by atoms with E-state index < -0.39 is 29.1 Å². The summed E-state index contributed by atoms with van der Waals surface area (Å²) in [6, 6.07) is 13.9. The first kappa shape index (κ1) is 23.1. The number of alkyl halides is 3. The Balaban J connectivity index is 1.49. The van der Waals surface area contributed by atoms with Crippen LogP contribution in [0.5, 0.6) is 5.75 Å². The maximum Gasteiger partial charge on any atom is 0.424 e. The van der Waals surface area contributed by atoms with E-state index in [1.807, 2.05) is 24.3 Å². The van der Waals surface area contributed by atoms with Gasteiger partial charge in [0.25, 0.3) is 0 Å². The van der Waals surface area contributed by atoms with Crippen LogP contribution in [-0.4, -0.2) is 34.3 Å². The highest BCUT2D eigenvalue weighted by Crippen LogP contribution is 2.44. The third-order valence-electron chi connectivity index (χ3n) is 4.85. The molecule has 0 radical (unpaired) electrons. The molecule has 0 saturated carbocycles. The Morgan fingerprint density at radius 1 is 1.15 bits per heavy atom. The molecule has 2 aromatic heterocycles. The fourth-order valence-corrected chi connectivity index (χ4v) is 5.11. The molecular weight excluding hydrogens is 475 g/mol. The number of nitrogens with zero attached hydrogens (tertiary/aromatic N) is 2. The second-order valence-electron chi connectivity index (χ2n) is 7.23. The highest BCUT2D eigenvalue weighted by atomic mass is 32.1. The van der Waals surface area contributed by atoms with Gasteiger partial charge in [0.15, 0.2) is 5.13 Å². The number of thiazole rings is 2. The lowest BCUT2D eigenvalue weighted by Crippen LogP contribution is -2.45. The average molecular weight is 494 g/mol. The van der Waals surface area contributed by atoms with E-state index in [1.54, 1.807) is 37.6 Å². The Hall–Kier alpha value is -3.02. The van der Waals surface area contributed by atoms with Crippen LogP contribution in [0.25, 0.3) is 10.2 Å². The second-order valence-corrected chi connectivity index (χ2v) is 9.38. The molecule has 2 heterocycles. The van der Waals surface area contributed by atoms with E-state index in [1.165, 1.54) is 0 Å². The van der Waals surface area contributed by atoms with Crippen molar-refractivity contribution in [3.05, 3.63) is 70.2 Å². The van der Waals surface area contributed by atoms with Crippen molar-refractivity contribution in [3.8, 4) is 5.75 Å². The molecule has 6 nitrogen and oxygen atoms in total. The number of hydrogen-bond donors (Lipinski definition) is 2. The van der Waals surface area contributed by atoms with Gasteiger partial charge in [0.05, 0.1) is 23.7 Å². The first-order valence-electron chi connectivity index (χ1n) is 9.70. The van der Waals surface area contributed by atoms with Crippen molar-refractivity contribution < 1.29 is 27.8 Å². The number of ether oxygens (including phenoxy) is 1. The number of carbonyl (C=O) groups is 1. The number of fused-ring (bicyclic) bond motifs is 1. The molecule has 2 aromatic carbocycles. The summed E-state index contributed by atoms with van der Waals surface area (Å²) in [6.07, 6.45) is -4.27. The smallest absolute Gasteiger partial charge is 0.424 e. The fraction of sp³-hybridized carbons (Fsp3) is 0.227. The largest absolute Gasteiger partial charge is 0.497 e. The number of benzene rings is 2. The topological polar surface area (TPSA) is 84.3 Å². The number of rotatable bonds is 7. The highest BCUT2D eigenvalue weighted by Gasteiger charge is 2.58. The second kappa shape index (κ2) is 9.08. The molecule has 0 aliphatic heterocycles. The number of aliphatic hydroxyl groups is 1. The Morgan fingerprint density at radius 2 is 1.94 bits per heavy atom. The van der Waals surface area contributed by atoms with Crippen molar-refractivity contribution in [3.63, 3.8) is 0 Å². The van der Waals surface area contributed by atoms with Crippen molar-refractivity contribution in [1.29, 1.82) is 0 Å². The third-order valence-corrected chi connectivity index (χ3v) is 6.95. The number of nitrogens with one attached hydrogen (secondary N) is 1. The predicted octanol–water partition coefficient (Wildman–Crippen LogP) is 5.13. The van der Waals surface area contributed by atoms with Gasteiger partial charge in [-0.3, -0.25) is 4.79 Å². The molecule has 11 heteroatoms. The molecule has 1 atom stereocenters. The zero-order valence-corrected chi connectivity index (χ0v) is 18.9. The van der Waals surface area contributed by atoms with Crippen molar-refractivity contribution in [1.82, 2.24) is 9.97 Å². The van der Waals surface area contributed by atoms with E-state index in [0.29, 0.717) is 33.7 Å². The van der Waals surface area contributed by atoms with Crippen LogP contribution in [0, 0.1) is 0 Å². The Kier molecular flexibility index (Phi) is 6.37. The summed E-state index contributed by atoms with van der Waals surface area (Å²) in [7, 11) is 1.57. The van der Waals surface area contributed by atoms with E-state index >= 15 is 0 Å². The minimum absolute atomic E-state index is 0.145. The predicted molar refractivity (Wildman–Crippen MR) is 121 cm³/mol. The number of halogens is 3. The summed E-state index contributed by atoms with van der Waals surface area (Å²) in [4.78, 5) is 21.3. The summed E-state index contributed by atoms with van der Waals surface area (Å²) in [6.45, 7) is 0. The van der Waals surface area contributed by atoms with Crippen molar-refractivity contribution in [2.24, 2.45) is 0 Å². The molecule has 0 bridgehead atoms. The van der Waals surface area contributed by atoms with Gasteiger partial charge in [-0.1, -0.05) is 24.3 Å². The average Bonchev–Trinajstić information content (AvgIpc) is 3.39. The lowest BCUT2D eigenvalue weighted by atomic mass is 9.99. The Labute approximate surface area is 194 Å². The van der Waals surface area contributed by atoms with Gasteiger partial charge in [-0.2, -0.15) is 13.2 Å². The molecule has 0 fully saturated rings. The molecule has 0 saturated heterocycles. The summed E-state index contributed by atoms with van der Waals surface area (Å²) in [5.74, 6) is -0.316. The number of hydrogen-bond acceptors (Lipinski definition) is 7. The molecule has 1 unspecified atom stereocenters. The quantitative estimate of drug-likeness (QED) is 0.373. The summed E-state index contributed by atoms with van der Waals surface area (Å²) >= 11 is 1.85. The molecule has 0 aliphatic rings. The van der Waals surface area contributed by atoms with Crippen molar-refractivity contribution in [2.75, 3.05) is 12.4 Å². The van der Waals surface area contributed by atoms with Gasteiger partial charge in [-0.25, -0.2) is 9.97 Å². The third kappa shape index (κ3) is 5.00. The van der Waals surface area contributed by atoms with Crippen LogP contribution in [0.2, 0.25) is 0 Å². The normalized spacial score (nSPS) is 13.6. The van der Waals surface area contributed by atoms with Gasteiger partial charge in [-0.05, 0) is 29.8 Å². The minimum atomic E-state index is -5.10. The minimum Gasteiger partial charge on any atom is -0.497 e. The van der Waals surface area contributed by atoms with Crippen LogP contribution in [0.1, 0.15) is 21.9 Å². The molecule has 0 spiro atoms. The molecule has 1 amide bonds. The van der Waals surface area contributed by atoms with Gasteiger partial charge in [-0.15, -0.1) is 22.7 Å². The van der Waals surface area contributed by atoms with Gasteiger partial charge >= 0.3 is 6.18 Å². The van der Waals surface area contributed by atoms with Gasteiger partial charge < -0.3 is 15.2 Å². The van der Waals surface area contributed by atoms with E-state index in [-0.39, 0.29) is 5.13 Å². The lowest BCUT2D eigenvalue weighted by Gasteiger charge is -2.27.